The minimum Gasteiger partial charge on any atom is -0.467 e. The highest BCUT2D eigenvalue weighted by Gasteiger charge is 2.50. The Balaban J connectivity index is 1.47. The number of pyridine rings is 1. The first-order valence-corrected chi connectivity index (χ1v) is 11.3. The molecule has 1 aromatic rings. The van der Waals surface area contributed by atoms with Crippen molar-refractivity contribution >= 4 is 11.7 Å². The Bertz CT molecular complexity index is 852. The molecule has 1 aliphatic carbocycles. The molecule has 2 atom stereocenters. The van der Waals surface area contributed by atoms with E-state index in [1.165, 1.54) is 12.3 Å². The van der Waals surface area contributed by atoms with Crippen LogP contribution in [0.5, 0.6) is 5.88 Å². The predicted octanol–water partition coefficient (Wildman–Crippen LogP) is 2.62. The van der Waals surface area contributed by atoms with E-state index in [2.05, 4.69) is 4.98 Å². The number of ketones is 1. The summed E-state index contributed by atoms with van der Waals surface area (Å²) < 4.78 is 32.5. The summed E-state index contributed by atoms with van der Waals surface area (Å²) in [5.74, 6) is -0.207. The fourth-order valence-corrected chi connectivity index (χ4v) is 5.93. The number of ether oxygens (including phenoxy) is 3. The molecule has 0 unspecified atom stereocenters. The highest BCUT2D eigenvalue weighted by Crippen LogP contribution is 2.44. The van der Waals surface area contributed by atoms with Gasteiger partial charge in [0.1, 0.15) is 12.4 Å². The van der Waals surface area contributed by atoms with E-state index in [1.54, 1.807) is 4.90 Å². The Kier molecular flexibility index (Phi) is 5.69. The van der Waals surface area contributed by atoms with Crippen molar-refractivity contribution in [2.75, 3.05) is 33.0 Å². The number of piperidine rings is 1. The second-order valence-corrected chi connectivity index (χ2v) is 9.38. The summed E-state index contributed by atoms with van der Waals surface area (Å²) in [6, 6.07) is 1.12. The minimum absolute atomic E-state index is 0.0118. The van der Waals surface area contributed by atoms with Gasteiger partial charge in [0.05, 0.1) is 30.9 Å². The lowest BCUT2D eigenvalue weighted by Gasteiger charge is -2.51. The van der Waals surface area contributed by atoms with Crippen LogP contribution in [0.2, 0.25) is 0 Å². The van der Waals surface area contributed by atoms with Crippen molar-refractivity contribution in [1.29, 1.82) is 0 Å². The Hall–Kier alpha value is -2.06. The number of nitrogens with zero attached hydrogens (tertiary/aromatic N) is 2. The zero-order valence-electron chi connectivity index (χ0n) is 17.7. The average Bonchev–Trinajstić information content (AvgIpc) is 2.78. The summed E-state index contributed by atoms with van der Waals surface area (Å²) >= 11 is 0. The van der Waals surface area contributed by atoms with E-state index in [-0.39, 0.29) is 54.7 Å². The molecule has 5 heterocycles. The van der Waals surface area contributed by atoms with Crippen LogP contribution in [0.4, 0.5) is 4.39 Å². The normalized spacial score (nSPS) is 34.2. The summed E-state index contributed by atoms with van der Waals surface area (Å²) in [5.41, 5.74) is 0.0639. The van der Waals surface area contributed by atoms with Gasteiger partial charge in [-0.2, -0.15) is 0 Å². The lowest BCUT2D eigenvalue weighted by molar-refractivity contribution is -0.163. The van der Waals surface area contributed by atoms with Gasteiger partial charge in [0.25, 0.3) is 5.91 Å². The second kappa shape index (κ2) is 8.47. The van der Waals surface area contributed by atoms with E-state index in [9.17, 15) is 14.0 Å². The zero-order valence-corrected chi connectivity index (χ0v) is 17.7. The number of Topliss-reactive ketones (excluding diaryl/α,β-unsaturated/α-hetero) is 1. The molecular weight excluding hydrogens is 403 g/mol. The van der Waals surface area contributed by atoms with Gasteiger partial charge in [0.2, 0.25) is 5.88 Å². The molecule has 5 aliphatic rings. The molecule has 2 saturated heterocycles. The summed E-state index contributed by atoms with van der Waals surface area (Å²) in [6.07, 6.45) is 6.72. The number of carbonyl (C=O) groups excluding carboxylic acids is 2. The molecule has 2 bridgehead atoms. The van der Waals surface area contributed by atoms with Gasteiger partial charge in [0.15, 0.2) is 12.4 Å². The molecule has 31 heavy (non-hydrogen) atoms. The van der Waals surface area contributed by atoms with E-state index in [1.807, 2.05) is 0 Å². The number of aromatic nitrogens is 1. The molecule has 4 aliphatic heterocycles. The first-order chi connectivity index (χ1) is 15.1. The van der Waals surface area contributed by atoms with Crippen LogP contribution in [0.15, 0.2) is 12.3 Å². The Morgan fingerprint density at radius 1 is 1.16 bits per heavy atom. The zero-order chi connectivity index (χ0) is 21.4. The van der Waals surface area contributed by atoms with Crippen molar-refractivity contribution in [1.82, 2.24) is 9.88 Å². The van der Waals surface area contributed by atoms with E-state index < -0.39 is 5.41 Å². The smallest absolute Gasteiger partial charge is 0.260 e. The summed E-state index contributed by atoms with van der Waals surface area (Å²) in [6.45, 7) is 1.37. The monoisotopic (exact) mass is 432 g/mol. The summed E-state index contributed by atoms with van der Waals surface area (Å²) in [5, 5.41) is 0. The molecule has 6 rings (SSSR count). The number of fused-ring (bicyclic) bond motifs is 5. The van der Waals surface area contributed by atoms with Crippen molar-refractivity contribution < 1.29 is 28.2 Å². The maximum absolute atomic E-state index is 14.7. The predicted molar refractivity (Wildman–Crippen MR) is 108 cm³/mol. The fourth-order valence-electron chi connectivity index (χ4n) is 5.93. The Labute approximate surface area is 181 Å². The first kappa shape index (κ1) is 20.8. The molecule has 1 spiro atoms. The molecule has 168 valence electrons. The largest absolute Gasteiger partial charge is 0.467 e. The van der Waals surface area contributed by atoms with Crippen LogP contribution in [0.25, 0.3) is 0 Å². The van der Waals surface area contributed by atoms with Crippen molar-refractivity contribution in [3.63, 3.8) is 0 Å². The summed E-state index contributed by atoms with van der Waals surface area (Å²) in [7, 11) is 0. The van der Waals surface area contributed by atoms with Crippen LogP contribution in [0.1, 0.15) is 56.4 Å². The third kappa shape index (κ3) is 3.96. The SMILES string of the molecule is O=C1COC[C@]2(CCCN3C(=O)COc4nccc(F)c4[C@H]4CC[C@H](CC4)OC[C@@H]32)C1. The molecule has 0 aromatic carbocycles. The van der Waals surface area contributed by atoms with Crippen LogP contribution < -0.4 is 4.74 Å². The van der Waals surface area contributed by atoms with E-state index in [0.717, 1.165) is 38.5 Å². The fraction of sp³-hybridized carbons (Fsp3) is 0.696. The van der Waals surface area contributed by atoms with E-state index in [4.69, 9.17) is 14.2 Å². The molecule has 1 amide bonds. The van der Waals surface area contributed by atoms with Gasteiger partial charge in [-0.05, 0) is 50.5 Å². The van der Waals surface area contributed by atoms with Gasteiger partial charge in [0, 0.05) is 24.6 Å². The quantitative estimate of drug-likeness (QED) is 0.627. The van der Waals surface area contributed by atoms with Crippen molar-refractivity contribution in [3.05, 3.63) is 23.6 Å². The number of hydrogen-bond acceptors (Lipinski definition) is 6. The molecule has 7 nitrogen and oxygen atoms in total. The third-order valence-corrected chi connectivity index (χ3v) is 7.48. The van der Waals surface area contributed by atoms with Gasteiger partial charge in [-0.1, -0.05) is 0 Å². The molecule has 1 aromatic heterocycles. The lowest BCUT2D eigenvalue weighted by Crippen LogP contribution is -2.61. The third-order valence-electron chi connectivity index (χ3n) is 7.48. The molecule has 8 heteroatoms. The van der Waals surface area contributed by atoms with Gasteiger partial charge >= 0.3 is 0 Å². The van der Waals surface area contributed by atoms with Gasteiger partial charge in [-0.15, -0.1) is 0 Å². The van der Waals surface area contributed by atoms with Crippen LogP contribution >= 0.6 is 0 Å². The topological polar surface area (TPSA) is 78.0 Å². The number of amides is 1. The maximum atomic E-state index is 14.7. The lowest BCUT2D eigenvalue weighted by atomic mass is 9.69. The highest BCUT2D eigenvalue weighted by atomic mass is 19.1. The van der Waals surface area contributed by atoms with Crippen LogP contribution in [0.3, 0.4) is 0 Å². The molecule has 0 radical (unpaired) electrons. The number of carbonyl (C=O) groups is 2. The maximum Gasteiger partial charge on any atom is 0.260 e. The van der Waals surface area contributed by atoms with E-state index >= 15 is 0 Å². The highest BCUT2D eigenvalue weighted by molar-refractivity contribution is 5.82. The van der Waals surface area contributed by atoms with Gasteiger partial charge < -0.3 is 19.1 Å². The van der Waals surface area contributed by atoms with Crippen LogP contribution in [-0.4, -0.2) is 66.7 Å². The first-order valence-electron chi connectivity index (χ1n) is 11.3. The van der Waals surface area contributed by atoms with E-state index in [0.29, 0.717) is 31.7 Å². The number of rotatable bonds is 0. The molecule has 3 fully saturated rings. The van der Waals surface area contributed by atoms with Crippen LogP contribution in [0, 0.1) is 11.2 Å². The number of hydrogen-bond donors (Lipinski definition) is 0. The van der Waals surface area contributed by atoms with Crippen LogP contribution in [-0.2, 0) is 19.1 Å². The van der Waals surface area contributed by atoms with Crippen molar-refractivity contribution in [2.45, 2.75) is 63.0 Å². The Morgan fingerprint density at radius 2 is 2.00 bits per heavy atom. The minimum atomic E-state index is -0.414. The standard InChI is InChI=1S/C23H29FN2O5/c24-18-6-8-25-22-21(18)15-2-4-17(5-3-15)30-12-19-23(10-16(27)11-29-14-23)7-1-9-26(19)20(28)13-31-22/h6,8,15,17,19H,1-5,7,9-14H2/t15-,17+,19-,23+/m1/s1. The molecule has 0 N–H and O–H groups in total. The van der Waals surface area contributed by atoms with Crippen molar-refractivity contribution in [3.8, 4) is 5.88 Å². The molecule has 1 saturated carbocycles. The van der Waals surface area contributed by atoms with Gasteiger partial charge in [-0.25, -0.2) is 9.37 Å². The van der Waals surface area contributed by atoms with Crippen molar-refractivity contribution in [2.24, 2.45) is 5.41 Å². The van der Waals surface area contributed by atoms with Gasteiger partial charge in [-0.3, -0.25) is 9.59 Å². The number of halogens is 1. The Morgan fingerprint density at radius 3 is 2.81 bits per heavy atom. The summed E-state index contributed by atoms with van der Waals surface area (Å²) in [4.78, 5) is 31.6. The molecular formula is C23H29FN2O5. The average molecular weight is 432 g/mol. The second-order valence-electron chi connectivity index (χ2n) is 9.38.